The van der Waals surface area contributed by atoms with Crippen molar-refractivity contribution < 1.29 is 13.2 Å². The van der Waals surface area contributed by atoms with E-state index in [2.05, 4.69) is 0 Å². The molecule has 0 aliphatic carbocycles. The summed E-state index contributed by atoms with van der Waals surface area (Å²) in [5, 5.41) is 0. The van der Waals surface area contributed by atoms with Crippen molar-refractivity contribution in [2.75, 3.05) is 19.0 Å². The number of halogens is 3. The molecule has 0 radical (unpaired) electrons. The van der Waals surface area contributed by atoms with Crippen molar-refractivity contribution in [2.24, 2.45) is 0 Å². The van der Waals surface area contributed by atoms with Crippen molar-refractivity contribution in [3.8, 4) is 11.1 Å². The van der Waals surface area contributed by atoms with Crippen molar-refractivity contribution in [1.82, 2.24) is 0 Å². The Balaban J connectivity index is 2.58. The van der Waals surface area contributed by atoms with Gasteiger partial charge in [-0.25, -0.2) is 13.2 Å². The molecule has 0 aliphatic rings. The molecule has 0 heterocycles. The molecular formula is C14H12F3N. The Morgan fingerprint density at radius 1 is 0.889 bits per heavy atom. The first kappa shape index (κ1) is 12.5. The highest BCUT2D eigenvalue weighted by Crippen LogP contribution is 2.29. The Morgan fingerprint density at radius 2 is 1.61 bits per heavy atom. The fourth-order valence-electron chi connectivity index (χ4n) is 1.75. The maximum Gasteiger partial charge on any atom is 0.166 e. The Kier molecular flexibility index (Phi) is 3.28. The lowest BCUT2D eigenvalue weighted by Gasteiger charge is -2.15. The van der Waals surface area contributed by atoms with E-state index in [1.54, 1.807) is 19.0 Å². The lowest BCUT2D eigenvalue weighted by atomic mass is 10.0. The fourth-order valence-corrected chi connectivity index (χ4v) is 1.75. The predicted molar refractivity (Wildman–Crippen MR) is 66.1 cm³/mol. The van der Waals surface area contributed by atoms with Crippen molar-refractivity contribution in [2.45, 2.75) is 0 Å². The molecule has 0 fully saturated rings. The van der Waals surface area contributed by atoms with Gasteiger partial charge in [-0.2, -0.15) is 0 Å². The molecule has 1 nitrogen and oxygen atoms in total. The average molecular weight is 251 g/mol. The summed E-state index contributed by atoms with van der Waals surface area (Å²) in [5.74, 6) is -2.24. The van der Waals surface area contributed by atoms with E-state index < -0.39 is 17.5 Å². The third-order valence-corrected chi connectivity index (χ3v) is 2.69. The number of nitrogens with zero attached hydrogens (tertiary/aromatic N) is 1. The summed E-state index contributed by atoms with van der Waals surface area (Å²) < 4.78 is 40.3. The third-order valence-electron chi connectivity index (χ3n) is 2.69. The Labute approximate surface area is 103 Å². The lowest BCUT2D eigenvalue weighted by Crippen LogP contribution is -2.10. The summed E-state index contributed by atoms with van der Waals surface area (Å²) in [5.41, 5.74) is 0.895. The van der Waals surface area contributed by atoms with Crippen LogP contribution in [0.4, 0.5) is 18.9 Å². The Bertz CT molecular complexity index is 579. The molecule has 0 bridgehead atoms. The number of hydrogen-bond acceptors (Lipinski definition) is 1. The molecular weight excluding hydrogens is 239 g/mol. The van der Waals surface area contributed by atoms with Gasteiger partial charge in [0.05, 0.1) is 5.69 Å². The highest BCUT2D eigenvalue weighted by atomic mass is 19.2. The van der Waals surface area contributed by atoms with Crippen molar-refractivity contribution in [3.63, 3.8) is 0 Å². The zero-order valence-electron chi connectivity index (χ0n) is 10.0. The van der Waals surface area contributed by atoms with E-state index in [1.165, 1.54) is 30.3 Å². The normalized spacial score (nSPS) is 10.5. The standard InChI is InChI=1S/C14H12F3N/c1-18(2)13-8-9(6-7-11(13)15)10-4-3-5-12(16)14(10)17/h3-8H,1-2H3. The number of benzene rings is 2. The monoisotopic (exact) mass is 251 g/mol. The van der Waals surface area contributed by atoms with E-state index in [0.717, 1.165) is 6.07 Å². The Morgan fingerprint density at radius 3 is 2.28 bits per heavy atom. The first-order valence-corrected chi connectivity index (χ1v) is 5.42. The van der Waals surface area contributed by atoms with E-state index in [0.29, 0.717) is 11.3 Å². The number of anilines is 1. The molecule has 0 saturated carbocycles. The highest BCUT2D eigenvalue weighted by molar-refractivity contribution is 5.69. The van der Waals surface area contributed by atoms with Gasteiger partial charge in [-0.05, 0) is 23.8 Å². The molecule has 2 aromatic carbocycles. The second-order valence-electron chi connectivity index (χ2n) is 4.16. The maximum absolute atomic E-state index is 13.6. The van der Waals surface area contributed by atoms with Gasteiger partial charge in [0.2, 0.25) is 0 Å². The predicted octanol–water partition coefficient (Wildman–Crippen LogP) is 3.84. The van der Waals surface area contributed by atoms with E-state index in [4.69, 9.17) is 0 Å². The number of rotatable bonds is 2. The van der Waals surface area contributed by atoms with Crippen LogP contribution in [0.1, 0.15) is 0 Å². The molecule has 0 saturated heterocycles. The van der Waals surface area contributed by atoms with E-state index >= 15 is 0 Å². The number of hydrogen-bond donors (Lipinski definition) is 0. The summed E-state index contributed by atoms with van der Waals surface area (Å²) in [7, 11) is 3.37. The molecule has 0 aromatic heterocycles. The van der Waals surface area contributed by atoms with Crippen LogP contribution in [-0.4, -0.2) is 14.1 Å². The van der Waals surface area contributed by atoms with Crippen LogP contribution in [0.5, 0.6) is 0 Å². The van der Waals surface area contributed by atoms with E-state index in [9.17, 15) is 13.2 Å². The minimum atomic E-state index is -0.922. The summed E-state index contributed by atoms with van der Waals surface area (Å²) >= 11 is 0. The molecule has 4 heteroatoms. The second-order valence-corrected chi connectivity index (χ2v) is 4.16. The first-order valence-electron chi connectivity index (χ1n) is 5.42. The average Bonchev–Trinajstić information content (AvgIpc) is 2.33. The van der Waals surface area contributed by atoms with Gasteiger partial charge in [0.1, 0.15) is 5.82 Å². The minimum Gasteiger partial charge on any atom is -0.375 e. The van der Waals surface area contributed by atoms with Gasteiger partial charge in [0.25, 0.3) is 0 Å². The van der Waals surface area contributed by atoms with E-state index in [-0.39, 0.29) is 5.56 Å². The minimum absolute atomic E-state index is 0.123. The highest BCUT2D eigenvalue weighted by Gasteiger charge is 2.12. The summed E-state index contributed by atoms with van der Waals surface area (Å²) in [6, 6.07) is 8.11. The lowest BCUT2D eigenvalue weighted by molar-refractivity contribution is 0.511. The van der Waals surface area contributed by atoms with Crippen LogP contribution in [0.3, 0.4) is 0 Å². The van der Waals surface area contributed by atoms with Crippen LogP contribution in [0.25, 0.3) is 11.1 Å². The van der Waals surface area contributed by atoms with E-state index in [1.807, 2.05) is 0 Å². The topological polar surface area (TPSA) is 3.24 Å². The van der Waals surface area contributed by atoms with Crippen LogP contribution >= 0.6 is 0 Å². The van der Waals surface area contributed by atoms with Gasteiger partial charge in [0, 0.05) is 19.7 Å². The zero-order chi connectivity index (χ0) is 13.3. The molecule has 0 amide bonds. The third kappa shape index (κ3) is 2.18. The smallest absolute Gasteiger partial charge is 0.166 e. The first-order chi connectivity index (χ1) is 8.50. The van der Waals surface area contributed by atoms with Crippen LogP contribution < -0.4 is 4.90 Å². The molecule has 0 aliphatic heterocycles. The van der Waals surface area contributed by atoms with Crippen molar-refractivity contribution >= 4 is 5.69 Å². The molecule has 0 N–H and O–H groups in total. The van der Waals surface area contributed by atoms with Crippen LogP contribution in [0.2, 0.25) is 0 Å². The quantitative estimate of drug-likeness (QED) is 0.784. The molecule has 0 unspecified atom stereocenters. The molecule has 2 aromatic rings. The van der Waals surface area contributed by atoms with Crippen molar-refractivity contribution in [1.29, 1.82) is 0 Å². The Hall–Kier alpha value is -1.97. The van der Waals surface area contributed by atoms with Gasteiger partial charge < -0.3 is 4.90 Å². The largest absolute Gasteiger partial charge is 0.375 e. The fraction of sp³-hybridized carbons (Fsp3) is 0.143. The van der Waals surface area contributed by atoms with Crippen LogP contribution in [0, 0.1) is 17.5 Å². The van der Waals surface area contributed by atoms with Crippen molar-refractivity contribution in [3.05, 3.63) is 53.8 Å². The maximum atomic E-state index is 13.6. The van der Waals surface area contributed by atoms with Gasteiger partial charge >= 0.3 is 0 Å². The molecule has 0 spiro atoms. The second kappa shape index (κ2) is 4.72. The zero-order valence-corrected chi connectivity index (χ0v) is 10.0. The summed E-state index contributed by atoms with van der Waals surface area (Å²) in [4.78, 5) is 1.58. The summed E-state index contributed by atoms with van der Waals surface area (Å²) in [6.45, 7) is 0. The SMILES string of the molecule is CN(C)c1cc(-c2cccc(F)c2F)ccc1F. The molecule has 2 rings (SSSR count). The van der Waals surface area contributed by atoms with Gasteiger partial charge in [-0.3, -0.25) is 0 Å². The van der Waals surface area contributed by atoms with Crippen LogP contribution in [0.15, 0.2) is 36.4 Å². The molecule has 0 atom stereocenters. The van der Waals surface area contributed by atoms with Crippen LogP contribution in [-0.2, 0) is 0 Å². The van der Waals surface area contributed by atoms with Gasteiger partial charge in [0.15, 0.2) is 11.6 Å². The molecule has 94 valence electrons. The van der Waals surface area contributed by atoms with Gasteiger partial charge in [-0.1, -0.05) is 18.2 Å². The van der Waals surface area contributed by atoms with Gasteiger partial charge in [-0.15, -0.1) is 0 Å². The summed E-state index contributed by atoms with van der Waals surface area (Å²) in [6.07, 6.45) is 0. The molecule has 18 heavy (non-hydrogen) atoms.